The maximum absolute atomic E-state index is 6.18. The predicted molar refractivity (Wildman–Crippen MR) is 160 cm³/mol. The number of rotatable bonds is 4. The third kappa shape index (κ3) is 4.42. The van der Waals surface area contributed by atoms with Gasteiger partial charge in [-0.1, -0.05) is 103 Å². The van der Waals surface area contributed by atoms with Gasteiger partial charge in [-0.05, 0) is 47.5 Å². The van der Waals surface area contributed by atoms with Gasteiger partial charge in [-0.2, -0.15) is 0 Å². The molecule has 2 aliphatic rings. The molecule has 0 radical (unpaired) electrons. The lowest BCUT2D eigenvalue weighted by Crippen LogP contribution is -2.15. The number of amidine groups is 1. The quantitative estimate of drug-likeness (QED) is 0.241. The minimum absolute atomic E-state index is 0.687. The average Bonchev–Trinajstić information content (AvgIpc) is 3.25. The second-order valence-corrected chi connectivity index (χ2v) is 9.44. The Morgan fingerprint density at radius 1 is 0.513 bits per heavy atom. The lowest BCUT2D eigenvalue weighted by Gasteiger charge is -2.32. The first kappa shape index (κ1) is 22.9. The topological polar surface area (TPSA) is 37.2 Å². The van der Waals surface area contributed by atoms with Crippen molar-refractivity contribution in [2.75, 3.05) is 4.90 Å². The molecule has 0 aromatic heterocycles. The summed E-state index contributed by atoms with van der Waals surface area (Å²) in [5, 5.41) is 0. The molecule has 0 bridgehead atoms. The molecule has 2 heterocycles. The molecule has 4 heteroatoms. The number of fused-ring (bicyclic) bond motifs is 2. The first-order valence-electron chi connectivity index (χ1n) is 13.1. The molecule has 0 spiro atoms. The number of hydrogen-bond donors (Lipinski definition) is 0. The standard InChI is InChI=1S/C35H25N3O/c1-3-11-25(12-4-1)29-23-24-30(37-35(36-29)27-13-5-2-6-14-27)26-19-21-28(22-20-26)38-31-15-7-9-17-33(31)39-34-18-10-8-16-32(34)38/h1-23H,24H2. The number of benzene rings is 5. The van der Waals surface area contributed by atoms with Crippen LogP contribution < -0.4 is 9.64 Å². The molecule has 0 saturated heterocycles. The van der Waals surface area contributed by atoms with Gasteiger partial charge in [0, 0.05) is 17.7 Å². The maximum Gasteiger partial charge on any atom is 0.160 e. The highest BCUT2D eigenvalue weighted by molar-refractivity contribution is 6.15. The largest absolute Gasteiger partial charge is 0.453 e. The molecule has 0 atom stereocenters. The van der Waals surface area contributed by atoms with E-state index in [2.05, 4.69) is 71.6 Å². The lowest BCUT2D eigenvalue weighted by molar-refractivity contribution is 0.477. The van der Waals surface area contributed by atoms with E-state index in [1.54, 1.807) is 0 Å². The summed E-state index contributed by atoms with van der Waals surface area (Å²) >= 11 is 0. The van der Waals surface area contributed by atoms with Crippen molar-refractivity contribution in [2.45, 2.75) is 6.42 Å². The number of allylic oxidation sites excluding steroid dienone is 1. The molecule has 5 aromatic carbocycles. The third-order valence-electron chi connectivity index (χ3n) is 6.95. The molecule has 0 unspecified atom stereocenters. The van der Waals surface area contributed by atoms with Crippen LogP contribution in [0.5, 0.6) is 11.5 Å². The minimum Gasteiger partial charge on any atom is -0.453 e. The Kier molecular flexibility index (Phi) is 5.83. The van der Waals surface area contributed by atoms with Crippen molar-refractivity contribution in [2.24, 2.45) is 9.98 Å². The highest BCUT2D eigenvalue weighted by Gasteiger charge is 2.25. The summed E-state index contributed by atoms with van der Waals surface area (Å²) in [6.07, 6.45) is 2.86. The summed E-state index contributed by atoms with van der Waals surface area (Å²) in [7, 11) is 0. The first-order valence-corrected chi connectivity index (χ1v) is 13.1. The fourth-order valence-electron chi connectivity index (χ4n) is 5.03. The van der Waals surface area contributed by atoms with Gasteiger partial charge in [-0.3, -0.25) is 0 Å². The lowest BCUT2D eigenvalue weighted by atomic mass is 10.0. The Bertz CT molecular complexity index is 1690. The van der Waals surface area contributed by atoms with Crippen LogP contribution in [0.15, 0.2) is 150 Å². The molecule has 0 amide bonds. The minimum atomic E-state index is 0.687. The molecule has 0 fully saturated rings. The fourth-order valence-corrected chi connectivity index (χ4v) is 5.03. The summed E-state index contributed by atoms with van der Waals surface area (Å²) in [6, 6.07) is 45.4. The highest BCUT2D eigenvalue weighted by atomic mass is 16.5. The van der Waals surface area contributed by atoms with E-state index in [1.807, 2.05) is 72.8 Å². The van der Waals surface area contributed by atoms with E-state index in [0.717, 1.165) is 62.5 Å². The van der Waals surface area contributed by atoms with Crippen LogP contribution in [-0.2, 0) is 0 Å². The molecule has 39 heavy (non-hydrogen) atoms. The normalized spacial score (nSPS) is 14.2. The molecular formula is C35H25N3O. The van der Waals surface area contributed by atoms with E-state index in [4.69, 9.17) is 14.7 Å². The number of ether oxygens (including phenoxy) is 1. The molecule has 7 rings (SSSR count). The molecule has 5 aromatic rings. The van der Waals surface area contributed by atoms with E-state index in [1.165, 1.54) is 0 Å². The Hall–Kier alpha value is -5.22. The van der Waals surface area contributed by atoms with E-state index >= 15 is 0 Å². The van der Waals surface area contributed by atoms with Crippen molar-refractivity contribution in [3.63, 3.8) is 0 Å². The fraction of sp³-hybridized carbons (Fsp3) is 0.0286. The zero-order chi connectivity index (χ0) is 26.0. The summed E-state index contributed by atoms with van der Waals surface area (Å²) in [5.74, 6) is 2.41. The third-order valence-corrected chi connectivity index (χ3v) is 6.95. The van der Waals surface area contributed by atoms with Gasteiger partial charge in [0.05, 0.1) is 22.8 Å². The summed E-state index contributed by atoms with van der Waals surface area (Å²) in [5.41, 5.74) is 8.18. The van der Waals surface area contributed by atoms with Crippen molar-refractivity contribution >= 4 is 34.3 Å². The number of anilines is 3. The number of aliphatic imine (C=N–C) groups is 2. The Morgan fingerprint density at radius 2 is 1.08 bits per heavy atom. The SMILES string of the molecule is C1=C(c2ccccc2)N=C(c2ccccc2)N=C(c2ccc(N3c4ccccc4Oc4ccccc43)cc2)C1. The van der Waals surface area contributed by atoms with Crippen molar-refractivity contribution in [3.8, 4) is 11.5 Å². The van der Waals surface area contributed by atoms with Gasteiger partial charge in [0.2, 0.25) is 0 Å². The smallest absolute Gasteiger partial charge is 0.160 e. The Balaban J connectivity index is 1.27. The van der Waals surface area contributed by atoms with Crippen LogP contribution in [0.25, 0.3) is 5.70 Å². The Morgan fingerprint density at radius 3 is 1.72 bits per heavy atom. The van der Waals surface area contributed by atoms with Crippen LogP contribution in [0.2, 0.25) is 0 Å². The molecule has 186 valence electrons. The monoisotopic (exact) mass is 503 g/mol. The van der Waals surface area contributed by atoms with Gasteiger partial charge in [0.1, 0.15) is 0 Å². The van der Waals surface area contributed by atoms with Crippen LogP contribution in [0.3, 0.4) is 0 Å². The molecule has 2 aliphatic heterocycles. The van der Waals surface area contributed by atoms with E-state index in [-0.39, 0.29) is 0 Å². The summed E-state index contributed by atoms with van der Waals surface area (Å²) in [6.45, 7) is 0. The van der Waals surface area contributed by atoms with Gasteiger partial charge in [0.15, 0.2) is 17.3 Å². The van der Waals surface area contributed by atoms with Crippen LogP contribution in [-0.4, -0.2) is 11.5 Å². The van der Waals surface area contributed by atoms with Crippen molar-refractivity contribution in [3.05, 3.63) is 156 Å². The van der Waals surface area contributed by atoms with Gasteiger partial charge in [-0.25, -0.2) is 9.98 Å². The van der Waals surface area contributed by atoms with Crippen LogP contribution in [0.1, 0.15) is 23.1 Å². The summed E-state index contributed by atoms with van der Waals surface area (Å²) in [4.78, 5) is 12.3. The zero-order valence-corrected chi connectivity index (χ0v) is 21.2. The van der Waals surface area contributed by atoms with Crippen LogP contribution in [0, 0.1) is 0 Å². The van der Waals surface area contributed by atoms with Gasteiger partial charge in [0.25, 0.3) is 0 Å². The number of hydrogen-bond acceptors (Lipinski definition) is 4. The van der Waals surface area contributed by atoms with Crippen LogP contribution >= 0.6 is 0 Å². The van der Waals surface area contributed by atoms with E-state index in [9.17, 15) is 0 Å². The van der Waals surface area contributed by atoms with Crippen molar-refractivity contribution in [1.29, 1.82) is 0 Å². The molecule has 0 N–H and O–H groups in total. The van der Waals surface area contributed by atoms with Crippen molar-refractivity contribution in [1.82, 2.24) is 0 Å². The molecular weight excluding hydrogens is 478 g/mol. The van der Waals surface area contributed by atoms with Gasteiger partial charge in [-0.15, -0.1) is 0 Å². The van der Waals surface area contributed by atoms with E-state index < -0.39 is 0 Å². The zero-order valence-electron chi connectivity index (χ0n) is 21.2. The van der Waals surface area contributed by atoms with Crippen molar-refractivity contribution < 1.29 is 4.74 Å². The second kappa shape index (κ2) is 9.92. The number of nitrogens with zero attached hydrogens (tertiary/aromatic N) is 3. The Labute approximate surface area is 227 Å². The first-order chi connectivity index (χ1) is 19.3. The summed E-state index contributed by atoms with van der Waals surface area (Å²) < 4.78 is 6.18. The predicted octanol–water partition coefficient (Wildman–Crippen LogP) is 8.94. The van der Waals surface area contributed by atoms with E-state index in [0.29, 0.717) is 6.42 Å². The molecule has 4 nitrogen and oxygen atoms in total. The maximum atomic E-state index is 6.18. The highest BCUT2D eigenvalue weighted by Crippen LogP contribution is 2.49. The molecule has 0 aliphatic carbocycles. The second-order valence-electron chi connectivity index (χ2n) is 9.44. The van der Waals surface area contributed by atoms with Crippen LogP contribution in [0.4, 0.5) is 17.1 Å². The average molecular weight is 504 g/mol. The molecule has 0 saturated carbocycles. The number of para-hydroxylation sites is 4. The van der Waals surface area contributed by atoms with Gasteiger partial charge < -0.3 is 9.64 Å². The van der Waals surface area contributed by atoms with Gasteiger partial charge >= 0.3 is 0 Å².